The number of rotatable bonds is 4. The van der Waals surface area contributed by atoms with E-state index in [0.29, 0.717) is 16.6 Å². The number of carbonyl (C=O) groups is 1. The van der Waals surface area contributed by atoms with Crippen molar-refractivity contribution in [1.82, 2.24) is 4.98 Å². The summed E-state index contributed by atoms with van der Waals surface area (Å²) in [5.74, 6) is -0.108. The number of carbonyl (C=O) groups excluding carboxylic acids is 1. The van der Waals surface area contributed by atoms with Crippen LogP contribution in [0.15, 0.2) is 60.0 Å². The first-order chi connectivity index (χ1) is 10.7. The minimum absolute atomic E-state index is 0.301. The number of nitrogens with zero attached hydrogens (tertiary/aromatic N) is 1. The number of aromatic nitrogens is 1. The van der Waals surface area contributed by atoms with Crippen molar-refractivity contribution in [1.29, 1.82) is 0 Å². The highest BCUT2D eigenvalue weighted by molar-refractivity contribution is 7.14. The number of ether oxygens (including phenoxy) is 1. The minimum Gasteiger partial charge on any atom is -0.403 e. The summed E-state index contributed by atoms with van der Waals surface area (Å²) in [7, 11) is 0. The molecule has 0 amide bonds. The topological polar surface area (TPSA) is 51.2 Å². The van der Waals surface area contributed by atoms with Crippen LogP contribution in [-0.2, 0) is 0 Å². The molecule has 1 N–H and O–H groups in total. The van der Waals surface area contributed by atoms with E-state index in [0.717, 1.165) is 11.3 Å². The number of thiazole rings is 1. The standard InChI is InChI=1S/C17H14N2O2S/c1-12-7-5-6-10-14(12)18-17-19-15(11-22-17)21-16(20)13-8-3-2-4-9-13/h2-11H,1H3,(H,18,19). The van der Waals surface area contributed by atoms with Gasteiger partial charge in [0.15, 0.2) is 5.13 Å². The molecule has 1 heterocycles. The van der Waals surface area contributed by atoms with Crippen molar-refractivity contribution in [2.75, 3.05) is 5.32 Å². The van der Waals surface area contributed by atoms with E-state index in [2.05, 4.69) is 10.3 Å². The lowest BCUT2D eigenvalue weighted by atomic mass is 10.2. The molecule has 0 aliphatic heterocycles. The zero-order chi connectivity index (χ0) is 15.4. The van der Waals surface area contributed by atoms with E-state index in [9.17, 15) is 4.79 Å². The molecule has 0 spiro atoms. The highest BCUT2D eigenvalue weighted by Crippen LogP contribution is 2.26. The molecule has 3 rings (SSSR count). The lowest BCUT2D eigenvalue weighted by molar-refractivity contribution is 0.0729. The summed E-state index contributed by atoms with van der Waals surface area (Å²) in [6.45, 7) is 2.02. The van der Waals surface area contributed by atoms with Gasteiger partial charge in [-0.05, 0) is 30.7 Å². The van der Waals surface area contributed by atoms with Gasteiger partial charge in [0.2, 0.25) is 5.88 Å². The number of hydrogen-bond acceptors (Lipinski definition) is 5. The molecule has 0 atom stereocenters. The Kier molecular flexibility index (Phi) is 4.16. The third-order valence-electron chi connectivity index (χ3n) is 3.08. The number of hydrogen-bond donors (Lipinski definition) is 1. The number of anilines is 2. The van der Waals surface area contributed by atoms with Gasteiger partial charge in [-0.15, -0.1) is 11.3 Å². The Morgan fingerprint density at radius 3 is 2.59 bits per heavy atom. The summed E-state index contributed by atoms with van der Waals surface area (Å²) in [5, 5.41) is 5.62. The monoisotopic (exact) mass is 310 g/mol. The number of para-hydroxylation sites is 1. The molecular formula is C17H14N2O2S. The summed E-state index contributed by atoms with van der Waals surface area (Å²) < 4.78 is 5.27. The number of benzene rings is 2. The van der Waals surface area contributed by atoms with Crippen molar-refractivity contribution in [2.24, 2.45) is 0 Å². The van der Waals surface area contributed by atoms with Gasteiger partial charge in [-0.3, -0.25) is 0 Å². The molecule has 0 bridgehead atoms. The Hall–Kier alpha value is -2.66. The lowest BCUT2D eigenvalue weighted by Gasteiger charge is -2.05. The number of nitrogens with one attached hydrogen (secondary N) is 1. The summed E-state index contributed by atoms with van der Waals surface area (Å²) in [4.78, 5) is 16.2. The zero-order valence-corrected chi connectivity index (χ0v) is 12.8. The van der Waals surface area contributed by atoms with Crippen LogP contribution < -0.4 is 10.1 Å². The molecule has 0 aliphatic rings. The fraction of sp³-hybridized carbons (Fsp3) is 0.0588. The molecule has 0 saturated carbocycles. The molecular weight excluding hydrogens is 296 g/mol. The van der Waals surface area contributed by atoms with Crippen molar-refractivity contribution >= 4 is 28.1 Å². The highest BCUT2D eigenvalue weighted by atomic mass is 32.1. The Morgan fingerprint density at radius 2 is 1.82 bits per heavy atom. The van der Waals surface area contributed by atoms with Crippen LogP contribution in [0.4, 0.5) is 10.8 Å². The molecule has 3 aromatic rings. The molecule has 110 valence electrons. The third kappa shape index (κ3) is 3.32. The molecule has 22 heavy (non-hydrogen) atoms. The van der Waals surface area contributed by atoms with Crippen molar-refractivity contribution in [3.8, 4) is 5.88 Å². The Balaban J connectivity index is 1.69. The summed E-state index contributed by atoms with van der Waals surface area (Å²) in [5.41, 5.74) is 2.61. The van der Waals surface area contributed by atoms with Crippen LogP contribution in [0.5, 0.6) is 5.88 Å². The number of esters is 1. The fourth-order valence-electron chi connectivity index (χ4n) is 1.92. The van der Waals surface area contributed by atoms with E-state index >= 15 is 0 Å². The lowest BCUT2D eigenvalue weighted by Crippen LogP contribution is -2.08. The van der Waals surface area contributed by atoms with Crippen molar-refractivity contribution < 1.29 is 9.53 Å². The van der Waals surface area contributed by atoms with Gasteiger partial charge in [-0.2, -0.15) is 4.98 Å². The van der Waals surface area contributed by atoms with E-state index in [1.807, 2.05) is 37.3 Å². The molecule has 0 unspecified atom stereocenters. The SMILES string of the molecule is Cc1ccccc1Nc1nc(OC(=O)c2ccccc2)cs1. The first kappa shape index (κ1) is 14.3. The van der Waals surface area contributed by atoms with Gasteiger partial charge in [-0.1, -0.05) is 36.4 Å². The van der Waals surface area contributed by atoms with E-state index < -0.39 is 5.97 Å². The van der Waals surface area contributed by atoms with Gasteiger partial charge in [0.25, 0.3) is 0 Å². The molecule has 5 heteroatoms. The normalized spacial score (nSPS) is 10.2. The summed E-state index contributed by atoms with van der Waals surface area (Å²) in [6, 6.07) is 16.8. The van der Waals surface area contributed by atoms with Crippen LogP contribution in [-0.4, -0.2) is 11.0 Å². The maximum atomic E-state index is 12.0. The van der Waals surface area contributed by atoms with E-state index in [1.54, 1.807) is 29.6 Å². The summed E-state index contributed by atoms with van der Waals surface area (Å²) >= 11 is 1.39. The van der Waals surface area contributed by atoms with Crippen LogP contribution >= 0.6 is 11.3 Å². The average Bonchev–Trinajstić information content (AvgIpc) is 2.97. The predicted molar refractivity (Wildman–Crippen MR) is 88.0 cm³/mol. The Morgan fingerprint density at radius 1 is 1.09 bits per heavy atom. The Labute approximate surface area is 132 Å². The second kappa shape index (κ2) is 6.41. The smallest absolute Gasteiger partial charge is 0.344 e. The second-order valence-corrected chi connectivity index (χ2v) is 5.54. The van der Waals surface area contributed by atoms with Gasteiger partial charge >= 0.3 is 5.97 Å². The van der Waals surface area contributed by atoms with Crippen LogP contribution in [0.25, 0.3) is 0 Å². The largest absolute Gasteiger partial charge is 0.403 e. The van der Waals surface area contributed by atoms with Gasteiger partial charge in [0.1, 0.15) is 0 Å². The molecule has 4 nitrogen and oxygen atoms in total. The zero-order valence-electron chi connectivity index (χ0n) is 11.9. The van der Waals surface area contributed by atoms with Crippen LogP contribution in [0, 0.1) is 6.92 Å². The van der Waals surface area contributed by atoms with Crippen molar-refractivity contribution in [3.05, 3.63) is 71.1 Å². The van der Waals surface area contributed by atoms with E-state index in [-0.39, 0.29) is 0 Å². The van der Waals surface area contributed by atoms with Gasteiger partial charge in [0.05, 0.1) is 10.9 Å². The highest BCUT2D eigenvalue weighted by Gasteiger charge is 2.11. The van der Waals surface area contributed by atoms with E-state index in [4.69, 9.17) is 4.74 Å². The molecule has 2 aromatic carbocycles. The molecule has 0 radical (unpaired) electrons. The Bertz CT molecular complexity index is 784. The predicted octanol–water partition coefficient (Wildman–Crippen LogP) is 4.41. The average molecular weight is 310 g/mol. The van der Waals surface area contributed by atoms with Crippen LogP contribution in [0.2, 0.25) is 0 Å². The maximum absolute atomic E-state index is 12.0. The third-order valence-corrected chi connectivity index (χ3v) is 3.81. The van der Waals surface area contributed by atoms with Crippen LogP contribution in [0.3, 0.4) is 0 Å². The van der Waals surface area contributed by atoms with Gasteiger partial charge < -0.3 is 10.1 Å². The molecule has 0 fully saturated rings. The summed E-state index contributed by atoms with van der Waals surface area (Å²) in [6.07, 6.45) is 0. The second-order valence-electron chi connectivity index (χ2n) is 4.69. The molecule has 1 aromatic heterocycles. The van der Waals surface area contributed by atoms with Gasteiger partial charge in [0, 0.05) is 5.69 Å². The number of aryl methyl sites for hydroxylation is 1. The first-order valence-electron chi connectivity index (χ1n) is 6.78. The van der Waals surface area contributed by atoms with Crippen molar-refractivity contribution in [2.45, 2.75) is 6.92 Å². The maximum Gasteiger partial charge on any atom is 0.344 e. The van der Waals surface area contributed by atoms with E-state index in [1.165, 1.54) is 11.3 Å². The quantitative estimate of drug-likeness (QED) is 0.725. The van der Waals surface area contributed by atoms with Crippen molar-refractivity contribution in [3.63, 3.8) is 0 Å². The van der Waals surface area contributed by atoms with Gasteiger partial charge in [-0.25, -0.2) is 4.79 Å². The fourth-order valence-corrected chi connectivity index (χ4v) is 2.54. The molecule has 0 saturated heterocycles. The minimum atomic E-state index is -0.409. The van der Waals surface area contributed by atoms with Crippen LogP contribution in [0.1, 0.15) is 15.9 Å². The molecule has 0 aliphatic carbocycles. The first-order valence-corrected chi connectivity index (χ1v) is 7.66.